The van der Waals surface area contributed by atoms with Crippen LogP contribution in [0.25, 0.3) is 0 Å². The maximum Gasteiger partial charge on any atom is 0.121 e. The lowest BCUT2D eigenvalue weighted by molar-refractivity contribution is -0.108. The summed E-state index contributed by atoms with van der Waals surface area (Å²) >= 11 is 0. The van der Waals surface area contributed by atoms with Crippen molar-refractivity contribution in [2.24, 2.45) is 0 Å². The number of aliphatic hydroxyl groups excluding tert-OH is 1. The van der Waals surface area contributed by atoms with Gasteiger partial charge in [-0.15, -0.1) is 0 Å². The second-order valence-corrected chi connectivity index (χ2v) is 2.97. The molecule has 0 aromatic heterocycles. The summed E-state index contributed by atoms with van der Waals surface area (Å²) in [6.07, 6.45) is 3.77. The van der Waals surface area contributed by atoms with Crippen molar-refractivity contribution in [3.63, 3.8) is 0 Å². The highest BCUT2D eigenvalue weighted by atomic mass is 16.3. The zero-order valence-corrected chi connectivity index (χ0v) is 6.70. The summed E-state index contributed by atoms with van der Waals surface area (Å²) in [7, 11) is 0. The molecule has 1 rings (SSSR count). The fraction of sp³-hybridized carbons (Fsp3) is 0.875. The molecule has 1 saturated heterocycles. The molecule has 0 bridgehead atoms. The Morgan fingerprint density at radius 2 is 2.45 bits per heavy atom. The number of hydrogen-bond acceptors (Lipinski definition) is 3. The van der Waals surface area contributed by atoms with E-state index in [0.717, 1.165) is 32.2 Å². The van der Waals surface area contributed by atoms with Gasteiger partial charge < -0.3 is 9.90 Å². The molecule has 1 fully saturated rings. The zero-order chi connectivity index (χ0) is 8.10. The Kier molecular flexibility index (Phi) is 3.52. The topological polar surface area (TPSA) is 40.5 Å². The Labute approximate surface area is 67.0 Å². The number of nitrogens with zero attached hydrogens (tertiary/aromatic N) is 1. The van der Waals surface area contributed by atoms with Crippen LogP contribution in [0.4, 0.5) is 0 Å². The molecule has 1 N–H and O–H groups in total. The summed E-state index contributed by atoms with van der Waals surface area (Å²) in [4.78, 5) is 12.3. The first kappa shape index (κ1) is 8.68. The minimum atomic E-state index is 0.235. The van der Waals surface area contributed by atoms with E-state index < -0.39 is 0 Å². The van der Waals surface area contributed by atoms with Crippen molar-refractivity contribution in [1.29, 1.82) is 0 Å². The second-order valence-electron chi connectivity index (χ2n) is 2.97. The van der Waals surface area contributed by atoms with E-state index >= 15 is 0 Å². The molecule has 0 amide bonds. The third-order valence-electron chi connectivity index (χ3n) is 2.24. The molecule has 3 heteroatoms. The van der Waals surface area contributed by atoms with Gasteiger partial charge in [0.25, 0.3) is 0 Å². The van der Waals surface area contributed by atoms with Gasteiger partial charge >= 0.3 is 0 Å². The molecule has 0 saturated carbocycles. The van der Waals surface area contributed by atoms with Crippen molar-refractivity contribution < 1.29 is 9.90 Å². The van der Waals surface area contributed by atoms with Crippen LogP contribution in [0, 0.1) is 0 Å². The van der Waals surface area contributed by atoms with Crippen molar-refractivity contribution in [1.82, 2.24) is 4.90 Å². The van der Waals surface area contributed by atoms with Crippen molar-refractivity contribution in [3.05, 3.63) is 0 Å². The number of rotatable bonds is 4. The van der Waals surface area contributed by atoms with Crippen LogP contribution in [0.2, 0.25) is 0 Å². The number of hydrogen-bond donors (Lipinski definition) is 1. The SMILES string of the molecule is O=CCCN1CCCC1CO. The molecule has 0 aliphatic carbocycles. The first-order valence-electron chi connectivity index (χ1n) is 4.17. The Balaban J connectivity index is 2.25. The monoisotopic (exact) mass is 157 g/mol. The largest absolute Gasteiger partial charge is 0.395 e. The summed E-state index contributed by atoms with van der Waals surface area (Å²) in [6.45, 7) is 2.09. The van der Waals surface area contributed by atoms with Crippen LogP contribution in [-0.2, 0) is 4.79 Å². The van der Waals surface area contributed by atoms with E-state index in [1.807, 2.05) is 0 Å². The lowest BCUT2D eigenvalue weighted by atomic mass is 10.2. The van der Waals surface area contributed by atoms with E-state index in [2.05, 4.69) is 4.90 Å². The second kappa shape index (κ2) is 4.46. The van der Waals surface area contributed by atoms with Crippen molar-refractivity contribution in [2.45, 2.75) is 25.3 Å². The normalized spacial score (nSPS) is 25.7. The molecule has 64 valence electrons. The van der Waals surface area contributed by atoms with Crippen LogP contribution in [0.15, 0.2) is 0 Å². The quantitative estimate of drug-likeness (QED) is 0.585. The van der Waals surface area contributed by atoms with Gasteiger partial charge in [0, 0.05) is 19.0 Å². The van der Waals surface area contributed by atoms with Crippen LogP contribution >= 0.6 is 0 Å². The van der Waals surface area contributed by atoms with Crippen LogP contribution in [0.3, 0.4) is 0 Å². The first-order chi connectivity index (χ1) is 5.38. The van der Waals surface area contributed by atoms with Gasteiger partial charge in [0.1, 0.15) is 6.29 Å². The fourth-order valence-corrected chi connectivity index (χ4v) is 1.61. The van der Waals surface area contributed by atoms with Gasteiger partial charge in [-0.25, -0.2) is 0 Å². The molecular weight excluding hydrogens is 142 g/mol. The summed E-state index contributed by atoms with van der Waals surface area (Å²) in [5.41, 5.74) is 0. The van der Waals surface area contributed by atoms with Gasteiger partial charge in [0.05, 0.1) is 6.61 Å². The molecule has 0 radical (unpaired) electrons. The van der Waals surface area contributed by atoms with Gasteiger partial charge in [0.2, 0.25) is 0 Å². The van der Waals surface area contributed by atoms with E-state index in [-0.39, 0.29) is 6.61 Å². The maximum absolute atomic E-state index is 10.1. The fourth-order valence-electron chi connectivity index (χ4n) is 1.61. The highest BCUT2D eigenvalue weighted by Crippen LogP contribution is 2.15. The third kappa shape index (κ3) is 2.27. The predicted octanol–water partition coefficient (Wildman–Crippen LogP) is 0.0321. The highest BCUT2D eigenvalue weighted by Gasteiger charge is 2.22. The molecule has 1 heterocycles. The Morgan fingerprint density at radius 1 is 1.64 bits per heavy atom. The first-order valence-corrected chi connectivity index (χ1v) is 4.17. The Morgan fingerprint density at radius 3 is 3.09 bits per heavy atom. The summed E-state index contributed by atoms with van der Waals surface area (Å²) in [5, 5.41) is 8.91. The minimum absolute atomic E-state index is 0.235. The number of likely N-dealkylation sites (tertiary alicyclic amines) is 1. The summed E-state index contributed by atoms with van der Waals surface area (Å²) in [5.74, 6) is 0. The van der Waals surface area contributed by atoms with Crippen LogP contribution < -0.4 is 0 Å². The van der Waals surface area contributed by atoms with Gasteiger partial charge in [-0.2, -0.15) is 0 Å². The maximum atomic E-state index is 10.1. The lowest BCUT2D eigenvalue weighted by Gasteiger charge is -2.20. The van der Waals surface area contributed by atoms with Crippen molar-refractivity contribution >= 4 is 6.29 Å². The average Bonchev–Trinajstić information content (AvgIpc) is 2.47. The Bertz CT molecular complexity index is 127. The molecule has 3 nitrogen and oxygen atoms in total. The molecule has 0 aromatic rings. The summed E-state index contributed by atoms with van der Waals surface area (Å²) < 4.78 is 0. The van der Waals surface area contributed by atoms with Gasteiger partial charge in [-0.3, -0.25) is 4.90 Å². The van der Waals surface area contributed by atoms with Crippen LogP contribution in [0.1, 0.15) is 19.3 Å². The molecule has 1 unspecified atom stereocenters. The van der Waals surface area contributed by atoms with Crippen molar-refractivity contribution in [3.8, 4) is 0 Å². The number of carbonyl (C=O) groups is 1. The average molecular weight is 157 g/mol. The minimum Gasteiger partial charge on any atom is -0.395 e. The molecule has 1 atom stereocenters. The number of aldehydes is 1. The van der Waals surface area contributed by atoms with Gasteiger partial charge in [0.15, 0.2) is 0 Å². The van der Waals surface area contributed by atoms with Crippen molar-refractivity contribution in [2.75, 3.05) is 19.7 Å². The molecule has 1 aliphatic rings. The van der Waals surface area contributed by atoms with Gasteiger partial charge in [-0.05, 0) is 19.4 Å². The molecule has 11 heavy (non-hydrogen) atoms. The number of carbonyl (C=O) groups excluding carboxylic acids is 1. The highest BCUT2D eigenvalue weighted by molar-refractivity contribution is 5.49. The smallest absolute Gasteiger partial charge is 0.121 e. The standard InChI is InChI=1S/C8H15NO2/c10-6-2-5-9-4-1-3-8(9)7-11/h6,8,11H,1-5,7H2. The van der Waals surface area contributed by atoms with E-state index in [1.54, 1.807) is 0 Å². The summed E-state index contributed by atoms with van der Waals surface area (Å²) in [6, 6.07) is 0.315. The number of aliphatic hydroxyl groups is 1. The van der Waals surface area contributed by atoms with E-state index in [0.29, 0.717) is 12.5 Å². The lowest BCUT2D eigenvalue weighted by Crippen LogP contribution is -2.33. The van der Waals surface area contributed by atoms with E-state index in [9.17, 15) is 4.79 Å². The zero-order valence-electron chi connectivity index (χ0n) is 6.70. The van der Waals surface area contributed by atoms with Crippen LogP contribution in [-0.4, -0.2) is 42.0 Å². The Hall–Kier alpha value is -0.410. The molecule has 0 spiro atoms. The van der Waals surface area contributed by atoms with E-state index in [4.69, 9.17) is 5.11 Å². The van der Waals surface area contributed by atoms with Crippen LogP contribution in [0.5, 0.6) is 0 Å². The third-order valence-corrected chi connectivity index (χ3v) is 2.24. The predicted molar refractivity (Wildman–Crippen MR) is 42.4 cm³/mol. The van der Waals surface area contributed by atoms with Gasteiger partial charge in [-0.1, -0.05) is 0 Å². The molecule has 1 aliphatic heterocycles. The van der Waals surface area contributed by atoms with E-state index in [1.165, 1.54) is 0 Å². The molecular formula is C8H15NO2. The molecule has 0 aromatic carbocycles.